The number of halogens is 2. The molecule has 0 fully saturated rings. The molecule has 0 aliphatic heterocycles. The highest BCUT2D eigenvalue weighted by Crippen LogP contribution is 2.22. The molecule has 0 bridgehead atoms. The van der Waals surface area contributed by atoms with Crippen LogP contribution in [0.3, 0.4) is 0 Å². The zero-order valence-corrected chi connectivity index (χ0v) is 9.97. The number of urea groups is 1. The third-order valence-corrected chi connectivity index (χ3v) is 2.28. The number of amides is 3. The van der Waals surface area contributed by atoms with E-state index in [2.05, 4.69) is 5.32 Å². The first-order chi connectivity index (χ1) is 8.06. The van der Waals surface area contributed by atoms with Gasteiger partial charge in [0, 0.05) is 0 Å². The van der Waals surface area contributed by atoms with Crippen molar-refractivity contribution in [2.24, 2.45) is 0 Å². The van der Waals surface area contributed by atoms with Gasteiger partial charge in [-0.3, -0.25) is 10.1 Å². The predicted octanol–water partition coefficient (Wildman–Crippen LogP) is 2.10. The summed E-state index contributed by atoms with van der Waals surface area (Å²) in [4.78, 5) is 22.1. The molecule has 0 saturated carbocycles. The monoisotopic (exact) mass is 271 g/mol. The van der Waals surface area contributed by atoms with E-state index in [4.69, 9.17) is 28.5 Å². The van der Waals surface area contributed by atoms with Crippen LogP contribution in [-0.4, -0.2) is 17.8 Å². The second-order valence-corrected chi connectivity index (χ2v) is 3.62. The SMILES string of the molecule is N#Cc1ccc(NC(=O)NC(=O)CCl)c(Cl)c1. The Kier molecular flexibility index (Phi) is 4.76. The number of carbonyl (C=O) groups is 2. The first-order valence-electron chi connectivity index (χ1n) is 4.43. The molecule has 1 rings (SSSR count). The fourth-order valence-electron chi connectivity index (χ4n) is 1.000. The molecule has 0 spiro atoms. The van der Waals surface area contributed by atoms with E-state index in [9.17, 15) is 9.59 Å². The maximum Gasteiger partial charge on any atom is 0.325 e. The lowest BCUT2D eigenvalue weighted by molar-refractivity contribution is -0.117. The summed E-state index contributed by atoms with van der Waals surface area (Å²) in [5.74, 6) is -0.928. The Bertz CT molecular complexity index is 497. The normalized spacial score (nSPS) is 9.24. The number of anilines is 1. The number of benzene rings is 1. The molecular weight excluding hydrogens is 265 g/mol. The summed E-state index contributed by atoms with van der Waals surface area (Å²) in [5, 5.41) is 13.2. The molecule has 7 heteroatoms. The molecule has 0 aromatic heterocycles. The molecule has 1 aromatic rings. The van der Waals surface area contributed by atoms with Crippen molar-refractivity contribution in [3.8, 4) is 6.07 Å². The number of nitrogens with zero attached hydrogens (tertiary/aromatic N) is 1. The van der Waals surface area contributed by atoms with Crippen molar-refractivity contribution in [3.05, 3.63) is 28.8 Å². The van der Waals surface area contributed by atoms with Crippen LogP contribution in [0, 0.1) is 11.3 Å². The lowest BCUT2D eigenvalue weighted by Crippen LogP contribution is -2.35. The van der Waals surface area contributed by atoms with Crippen molar-refractivity contribution < 1.29 is 9.59 Å². The van der Waals surface area contributed by atoms with E-state index in [0.29, 0.717) is 11.3 Å². The van der Waals surface area contributed by atoms with Gasteiger partial charge in [0.15, 0.2) is 0 Å². The summed E-state index contributed by atoms with van der Waals surface area (Å²) >= 11 is 11.0. The van der Waals surface area contributed by atoms with Crippen LogP contribution in [0.4, 0.5) is 10.5 Å². The van der Waals surface area contributed by atoms with Crippen LogP contribution < -0.4 is 10.6 Å². The third-order valence-electron chi connectivity index (χ3n) is 1.72. The highest BCUT2D eigenvalue weighted by molar-refractivity contribution is 6.34. The number of rotatable bonds is 2. The van der Waals surface area contributed by atoms with Crippen LogP contribution in [0.1, 0.15) is 5.56 Å². The van der Waals surface area contributed by atoms with Gasteiger partial charge in [-0.05, 0) is 18.2 Å². The minimum atomic E-state index is -0.734. The molecule has 0 unspecified atom stereocenters. The molecular formula is C10H7Cl2N3O2. The minimum Gasteiger partial charge on any atom is -0.306 e. The minimum absolute atomic E-state index is 0.206. The maximum atomic E-state index is 11.3. The van der Waals surface area contributed by atoms with Crippen molar-refractivity contribution >= 4 is 40.8 Å². The van der Waals surface area contributed by atoms with Crippen LogP contribution in [0.5, 0.6) is 0 Å². The Morgan fingerprint density at radius 1 is 1.41 bits per heavy atom. The number of nitrogens with one attached hydrogen (secondary N) is 2. The van der Waals surface area contributed by atoms with Gasteiger partial charge in [0.05, 0.1) is 22.3 Å². The van der Waals surface area contributed by atoms with Crippen LogP contribution in [0.15, 0.2) is 18.2 Å². The van der Waals surface area contributed by atoms with E-state index in [1.165, 1.54) is 18.2 Å². The zero-order valence-electron chi connectivity index (χ0n) is 8.46. The Morgan fingerprint density at radius 3 is 2.65 bits per heavy atom. The summed E-state index contributed by atoms with van der Waals surface area (Å²) in [7, 11) is 0. The van der Waals surface area contributed by atoms with Crippen molar-refractivity contribution in [3.63, 3.8) is 0 Å². The van der Waals surface area contributed by atoms with Crippen LogP contribution >= 0.6 is 23.2 Å². The second kappa shape index (κ2) is 6.09. The molecule has 0 heterocycles. The molecule has 0 atom stereocenters. The number of hydrogen-bond acceptors (Lipinski definition) is 3. The topological polar surface area (TPSA) is 82.0 Å². The van der Waals surface area contributed by atoms with Crippen LogP contribution in [0.2, 0.25) is 5.02 Å². The quantitative estimate of drug-likeness (QED) is 0.809. The molecule has 5 nitrogen and oxygen atoms in total. The fraction of sp³-hybridized carbons (Fsp3) is 0.100. The van der Waals surface area contributed by atoms with Crippen molar-refractivity contribution in [2.45, 2.75) is 0 Å². The number of alkyl halides is 1. The van der Waals surface area contributed by atoms with Crippen molar-refractivity contribution in [1.29, 1.82) is 5.26 Å². The number of imide groups is 1. The standard InChI is InChI=1S/C10H7Cl2N3O2/c11-4-9(16)15-10(17)14-8-2-1-6(5-13)3-7(8)12/h1-3H,4H2,(H2,14,15,16,17). The molecule has 0 saturated heterocycles. The average molecular weight is 272 g/mol. The highest BCUT2D eigenvalue weighted by atomic mass is 35.5. The summed E-state index contributed by atoms with van der Waals surface area (Å²) < 4.78 is 0. The lowest BCUT2D eigenvalue weighted by atomic mass is 10.2. The summed E-state index contributed by atoms with van der Waals surface area (Å²) in [6, 6.07) is 5.53. The van der Waals surface area contributed by atoms with Crippen molar-refractivity contribution in [1.82, 2.24) is 5.32 Å². The van der Waals surface area contributed by atoms with Gasteiger partial charge in [-0.25, -0.2) is 4.79 Å². The number of carbonyl (C=O) groups excluding carboxylic acids is 2. The van der Waals surface area contributed by atoms with E-state index < -0.39 is 11.9 Å². The van der Waals surface area contributed by atoms with Gasteiger partial charge >= 0.3 is 6.03 Å². The fourth-order valence-corrected chi connectivity index (χ4v) is 1.29. The lowest BCUT2D eigenvalue weighted by Gasteiger charge is -2.07. The van der Waals surface area contributed by atoms with Gasteiger partial charge in [-0.1, -0.05) is 11.6 Å². The van der Waals surface area contributed by atoms with Crippen molar-refractivity contribution in [2.75, 3.05) is 11.2 Å². The maximum absolute atomic E-state index is 11.3. The third kappa shape index (κ3) is 3.94. The smallest absolute Gasteiger partial charge is 0.306 e. The Labute approximate surface area is 107 Å². The average Bonchev–Trinajstić information content (AvgIpc) is 2.31. The van der Waals surface area contributed by atoms with E-state index >= 15 is 0 Å². The molecule has 2 N–H and O–H groups in total. The molecule has 1 aromatic carbocycles. The molecule has 0 aliphatic carbocycles. The van der Waals surface area contributed by atoms with Crippen LogP contribution in [-0.2, 0) is 4.79 Å². The Morgan fingerprint density at radius 2 is 2.12 bits per heavy atom. The molecule has 0 aliphatic rings. The first kappa shape index (κ1) is 13.3. The van der Waals surface area contributed by atoms with Gasteiger partial charge in [-0.15, -0.1) is 11.6 Å². The first-order valence-corrected chi connectivity index (χ1v) is 5.34. The summed E-state index contributed by atoms with van der Waals surface area (Å²) in [5.41, 5.74) is 0.670. The number of hydrogen-bond donors (Lipinski definition) is 2. The van der Waals surface area contributed by atoms with E-state index in [1.807, 2.05) is 11.4 Å². The van der Waals surface area contributed by atoms with Gasteiger partial charge in [0.1, 0.15) is 5.88 Å². The summed E-state index contributed by atoms with van der Waals surface area (Å²) in [6.45, 7) is 0. The zero-order chi connectivity index (χ0) is 12.8. The summed E-state index contributed by atoms with van der Waals surface area (Å²) in [6.07, 6.45) is 0. The molecule has 17 heavy (non-hydrogen) atoms. The van der Waals surface area contributed by atoms with Crippen LogP contribution in [0.25, 0.3) is 0 Å². The Balaban J connectivity index is 2.73. The van der Waals surface area contributed by atoms with Gasteiger partial charge < -0.3 is 5.32 Å². The van der Waals surface area contributed by atoms with E-state index in [-0.39, 0.29) is 10.9 Å². The second-order valence-electron chi connectivity index (χ2n) is 2.94. The Hall–Kier alpha value is -1.77. The molecule has 3 amide bonds. The van der Waals surface area contributed by atoms with E-state index in [1.54, 1.807) is 0 Å². The largest absolute Gasteiger partial charge is 0.325 e. The van der Waals surface area contributed by atoms with Gasteiger partial charge in [-0.2, -0.15) is 5.26 Å². The van der Waals surface area contributed by atoms with E-state index in [0.717, 1.165) is 0 Å². The predicted molar refractivity (Wildman–Crippen MR) is 64.0 cm³/mol. The highest BCUT2D eigenvalue weighted by Gasteiger charge is 2.09. The number of nitriles is 1. The van der Waals surface area contributed by atoms with Gasteiger partial charge in [0.25, 0.3) is 0 Å². The molecule has 0 radical (unpaired) electrons. The van der Waals surface area contributed by atoms with Gasteiger partial charge in [0.2, 0.25) is 5.91 Å². The molecule has 88 valence electrons.